The minimum Gasteiger partial charge on any atom is -0.494 e. The number of fused-ring (bicyclic) bond motifs is 1. The van der Waals surface area contributed by atoms with Crippen LogP contribution in [0.4, 0.5) is 29.1 Å². The van der Waals surface area contributed by atoms with Gasteiger partial charge in [-0.05, 0) is 83.1 Å². The van der Waals surface area contributed by atoms with Gasteiger partial charge in [0.1, 0.15) is 45.8 Å². The van der Waals surface area contributed by atoms with E-state index < -0.39 is 44.2 Å². The van der Waals surface area contributed by atoms with E-state index in [0.29, 0.717) is 23.5 Å². The highest BCUT2D eigenvalue weighted by molar-refractivity contribution is 7.92. The van der Waals surface area contributed by atoms with E-state index >= 15 is 8.78 Å². The molecular formula is C32H38F4N6O3S. The van der Waals surface area contributed by atoms with Gasteiger partial charge in [0.05, 0.1) is 23.2 Å². The number of aromatic nitrogens is 3. The van der Waals surface area contributed by atoms with E-state index in [1.807, 2.05) is 18.6 Å². The lowest BCUT2D eigenvalue weighted by molar-refractivity contribution is 0.290. The SMILES string of the molecule is CCOc1ccc(F)c(S(=O)(=O)Nc2cc(F)c(-c3nn(C(C)C)c4c3c(N)ncc4[C@H]3CC[C@H](NCC(C)F)CC3)cc2F)c1. The van der Waals surface area contributed by atoms with Crippen molar-refractivity contribution in [2.75, 3.05) is 23.6 Å². The Morgan fingerprint density at radius 2 is 1.76 bits per heavy atom. The predicted octanol–water partition coefficient (Wildman–Crippen LogP) is 6.85. The number of benzene rings is 2. The lowest BCUT2D eigenvalue weighted by Crippen LogP contribution is -2.36. The third-order valence-electron chi connectivity index (χ3n) is 8.19. The molecule has 0 saturated heterocycles. The molecular weight excluding hydrogens is 624 g/mol. The molecule has 4 N–H and O–H groups in total. The third-order valence-corrected chi connectivity index (χ3v) is 9.57. The Kier molecular flexibility index (Phi) is 9.78. The molecule has 0 amide bonds. The molecule has 2 aromatic carbocycles. The Hall–Kier alpha value is -3.91. The predicted molar refractivity (Wildman–Crippen MR) is 170 cm³/mol. The molecule has 0 aliphatic heterocycles. The maximum absolute atomic E-state index is 15.8. The van der Waals surface area contributed by atoms with Crippen molar-refractivity contribution in [2.24, 2.45) is 0 Å². The van der Waals surface area contributed by atoms with Crippen molar-refractivity contribution < 1.29 is 30.7 Å². The Balaban J connectivity index is 1.51. The molecule has 1 aliphatic rings. The first kappa shape index (κ1) is 33.5. The van der Waals surface area contributed by atoms with Crippen LogP contribution in [0.2, 0.25) is 0 Å². The Morgan fingerprint density at radius 1 is 1.04 bits per heavy atom. The van der Waals surface area contributed by atoms with Crippen LogP contribution >= 0.6 is 0 Å². The molecule has 1 saturated carbocycles. The average molecular weight is 663 g/mol. The molecule has 9 nitrogen and oxygen atoms in total. The van der Waals surface area contributed by atoms with Gasteiger partial charge in [-0.3, -0.25) is 9.40 Å². The molecule has 5 rings (SSSR count). The molecule has 1 aliphatic carbocycles. The summed E-state index contributed by atoms with van der Waals surface area (Å²) in [5.74, 6) is -2.89. The summed E-state index contributed by atoms with van der Waals surface area (Å²) in [4.78, 5) is 3.63. The van der Waals surface area contributed by atoms with E-state index in [9.17, 15) is 17.2 Å². The number of ether oxygens (including phenoxy) is 1. The number of pyridine rings is 1. The van der Waals surface area contributed by atoms with Crippen molar-refractivity contribution in [1.29, 1.82) is 0 Å². The fraction of sp³-hybridized carbons (Fsp3) is 0.438. The minimum absolute atomic E-state index is 0.0594. The summed E-state index contributed by atoms with van der Waals surface area (Å²) in [7, 11) is -4.66. The number of hydrogen-bond acceptors (Lipinski definition) is 7. The van der Waals surface area contributed by atoms with Crippen LogP contribution in [0, 0.1) is 17.5 Å². The monoisotopic (exact) mass is 662 g/mol. The van der Waals surface area contributed by atoms with Gasteiger partial charge in [0.15, 0.2) is 0 Å². The van der Waals surface area contributed by atoms with Gasteiger partial charge in [0.2, 0.25) is 0 Å². The summed E-state index contributed by atoms with van der Waals surface area (Å²) >= 11 is 0. The third kappa shape index (κ3) is 6.77. The molecule has 248 valence electrons. The van der Waals surface area contributed by atoms with Crippen molar-refractivity contribution in [2.45, 2.75) is 82.4 Å². The molecule has 1 atom stereocenters. The van der Waals surface area contributed by atoms with Gasteiger partial charge in [-0.15, -0.1) is 0 Å². The zero-order valence-corrected chi connectivity index (χ0v) is 26.9. The first-order valence-corrected chi connectivity index (χ1v) is 16.8. The number of rotatable bonds is 11. The number of nitrogens with one attached hydrogen (secondary N) is 2. The number of nitrogen functional groups attached to an aromatic ring is 1. The number of halogens is 4. The number of hydrogen-bond donors (Lipinski definition) is 3. The van der Waals surface area contributed by atoms with Gasteiger partial charge in [-0.2, -0.15) is 5.10 Å². The van der Waals surface area contributed by atoms with Crippen molar-refractivity contribution >= 4 is 32.4 Å². The summed E-state index contributed by atoms with van der Waals surface area (Å²) in [6.07, 6.45) is 4.06. The van der Waals surface area contributed by atoms with Gasteiger partial charge in [0, 0.05) is 42.5 Å². The largest absolute Gasteiger partial charge is 0.494 e. The van der Waals surface area contributed by atoms with Crippen molar-refractivity contribution in [3.8, 4) is 17.0 Å². The molecule has 1 unspecified atom stereocenters. The summed E-state index contributed by atoms with van der Waals surface area (Å²) in [6, 6.07) is 4.69. The molecule has 0 bridgehead atoms. The van der Waals surface area contributed by atoms with E-state index in [2.05, 4.69) is 15.4 Å². The fourth-order valence-corrected chi connectivity index (χ4v) is 7.12. The Bertz CT molecular complexity index is 1840. The maximum Gasteiger partial charge on any atom is 0.265 e. The standard InChI is InChI=1S/C32H38F4N6O3S/c1-5-45-21-10-11-24(34)28(12-21)46(43,44)41-27-14-25(35)22(13-26(27)36)30-29-31(42(40-30)17(2)3)23(16-39-32(29)37)19-6-8-20(9-7-19)38-15-18(4)33/h10-14,16-20,38,41H,5-9,15H2,1-4H3,(H2,37,39)/t18?,19-,20-. The van der Waals surface area contributed by atoms with Gasteiger partial charge < -0.3 is 15.8 Å². The summed E-state index contributed by atoms with van der Waals surface area (Å²) in [5, 5.41) is 8.30. The average Bonchev–Trinajstić information content (AvgIpc) is 3.41. The van der Waals surface area contributed by atoms with E-state index in [1.54, 1.807) is 17.8 Å². The summed E-state index contributed by atoms with van der Waals surface area (Å²) < 4.78 is 94.1. The zero-order valence-electron chi connectivity index (χ0n) is 26.1. The van der Waals surface area contributed by atoms with Crippen LogP contribution in [0.3, 0.4) is 0 Å². The summed E-state index contributed by atoms with van der Waals surface area (Å²) in [6.45, 7) is 7.52. The minimum atomic E-state index is -4.66. The molecule has 4 aromatic rings. The zero-order chi connectivity index (χ0) is 33.3. The fourth-order valence-electron chi connectivity index (χ4n) is 5.97. The molecule has 2 aromatic heterocycles. The van der Waals surface area contributed by atoms with Gasteiger partial charge >= 0.3 is 0 Å². The van der Waals surface area contributed by atoms with Gasteiger partial charge in [0.25, 0.3) is 10.0 Å². The highest BCUT2D eigenvalue weighted by Crippen LogP contribution is 2.42. The van der Waals surface area contributed by atoms with E-state index in [4.69, 9.17) is 10.5 Å². The molecule has 46 heavy (non-hydrogen) atoms. The second-order valence-electron chi connectivity index (χ2n) is 11.9. The van der Waals surface area contributed by atoms with Crippen LogP contribution in [0.15, 0.2) is 41.4 Å². The first-order chi connectivity index (χ1) is 21.8. The van der Waals surface area contributed by atoms with Crippen molar-refractivity contribution in [3.05, 3.63) is 59.5 Å². The van der Waals surface area contributed by atoms with E-state index in [-0.39, 0.29) is 47.4 Å². The highest BCUT2D eigenvalue weighted by Gasteiger charge is 2.30. The molecule has 0 radical (unpaired) electrons. The Morgan fingerprint density at radius 3 is 2.41 bits per heavy atom. The number of anilines is 2. The molecule has 1 fully saturated rings. The second-order valence-corrected chi connectivity index (χ2v) is 13.5. The maximum atomic E-state index is 15.8. The lowest BCUT2D eigenvalue weighted by atomic mass is 9.81. The number of nitrogens with two attached hydrogens (primary N) is 1. The van der Waals surface area contributed by atoms with Crippen LogP contribution in [-0.4, -0.2) is 48.5 Å². The second kappa shape index (κ2) is 13.4. The quantitative estimate of drug-likeness (QED) is 0.150. The first-order valence-electron chi connectivity index (χ1n) is 15.3. The van der Waals surface area contributed by atoms with Gasteiger partial charge in [-0.25, -0.2) is 31.0 Å². The Labute approximate surface area is 265 Å². The number of sulfonamides is 1. The van der Waals surface area contributed by atoms with Gasteiger partial charge in [-0.1, -0.05) is 0 Å². The molecule has 14 heteroatoms. The highest BCUT2D eigenvalue weighted by atomic mass is 32.2. The smallest absolute Gasteiger partial charge is 0.265 e. The van der Waals surface area contributed by atoms with Crippen LogP contribution in [0.1, 0.15) is 70.9 Å². The number of alkyl halides is 1. The van der Waals surface area contributed by atoms with E-state index in [0.717, 1.165) is 49.4 Å². The van der Waals surface area contributed by atoms with Crippen LogP contribution in [0.25, 0.3) is 22.2 Å². The van der Waals surface area contributed by atoms with Crippen molar-refractivity contribution in [1.82, 2.24) is 20.1 Å². The molecule has 0 spiro atoms. The normalized spacial score (nSPS) is 17.8. The lowest BCUT2D eigenvalue weighted by Gasteiger charge is -2.30. The van der Waals surface area contributed by atoms with Crippen LogP contribution < -0.4 is 20.5 Å². The summed E-state index contributed by atoms with van der Waals surface area (Å²) in [5.41, 5.74) is 7.00. The van der Waals surface area contributed by atoms with E-state index in [1.165, 1.54) is 13.0 Å². The molecule has 2 heterocycles. The topological polar surface area (TPSA) is 124 Å². The van der Waals surface area contributed by atoms with Crippen molar-refractivity contribution in [3.63, 3.8) is 0 Å². The van der Waals surface area contributed by atoms with Crippen LogP contribution in [0.5, 0.6) is 5.75 Å². The van der Waals surface area contributed by atoms with Crippen LogP contribution in [-0.2, 0) is 10.0 Å². The number of nitrogens with zero attached hydrogens (tertiary/aromatic N) is 3.